The second-order valence-corrected chi connectivity index (χ2v) is 7.77. The van der Waals surface area contributed by atoms with Gasteiger partial charge in [0.15, 0.2) is 0 Å². The molecular weight excluding hydrogens is 358 g/mol. The predicted octanol–water partition coefficient (Wildman–Crippen LogP) is 2.59. The molecule has 1 aromatic rings. The van der Waals surface area contributed by atoms with E-state index in [-0.39, 0.29) is 30.8 Å². The summed E-state index contributed by atoms with van der Waals surface area (Å²) < 4.78 is 0. The van der Waals surface area contributed by atoms with Crippen molar-refractivity contribution in [2.24, 2.45) is 22.9 Å². The lowest BCUT2D eigenvalue weighted by molar-refractivity contribution is -0.137. The van der Waals surface area contributed by atoms with Gasteiger partial charge in [-0.3, -0.25) is 4.79 Å². The summed E-state index contributed by atoms with van der Waals surface area (Å²) >= 11 is 0. The molecule has 6 nitrogen and oxygen atoms in total. The molecular formula is C22H27NO5. The van der Waals surface area contributed by atoms with Crippen LogP contribution >= 0.6 is 0 Å². The van der Waals surface area contributed by atoms with Gasteiger partial charge in [0.2, 0.25) is 0 Å². The standard InChI is InChI=1S/C22H27NO5/c1-13-5-7-16(14(2)10-13)20(24)8-6-15-11-17-18(22(15)27)12-19(17)23-28-9-3-4-21(25)26/h5,7,10,15,17-18,20,22,24,27H,3-4,9,11-12H2,1-2H3,(H,25,26). The lowest BCUT2D eigenvalue weighted by atomic mass is 9.73. The summed E-state index contributed by atoms with van der Waals surface area (Å²) in [5.41, 5.74) is 3.86. The first-order valence-corrected chi connectivity index (χ1v) is 9.71. The number of aliphatic carboxylic acids is 1. The molecule has 2 aliphatic carbocycles. The van der Waals surface area contributed by atoms with Crippen LogP contribution < -0.4 is 0 Å². The first kappa shape index (κ1) is 20.4. The van der Waals surface area contributed by atoms with Gasteiger partial charge >= 0.3 is 5.97 Å². The number of aliphatic hydroxyl groups excluding tert-OH is 2. The van der Waals surface area contributed by atoms with Crippen molar-refractivity contribution in [1.29, 1.82) is 0 Å². The lowest BCUT2D eigenvalue weighted by Gasteiger charge is -2.33. The van der Waals surface area contributed by atoms with E-state index in [1.807, 2.05) is 32.0 Å². The van der Waals surface area contributed by atoms with Gasteiger partial charge in [-0.15, -0.1) is 0 Å². The average molecular weight is 385 g/mol. The molecule has 3 rings (SSSR count). The van der Waals surface area contributed by atoms with Crippen LogP contribution in [-0.4, -0.2) is 39.7 Å². The van der Waals surface area contributed by atoms with E-state index in [2.05, 4.69) is 17.0 Å². The van der Waals surface area contributed by atoms with Crippen molar-refractivity contribution >= 4 is 11.7 Å². The van der Waals surface area contributed by atoms with E-state index in [1.165, 1.54) is 0 Å². The molecule has 0 saturated heterocycles. The highest BCUT2D eigenvalue weighted by atomic mass is 16.6. The van der Waals surface area contributed by atoms with Gasteiger partial charge in [-0.05, 0) is 50.2 Å². The SMILES string of the molecule is Cc1ccc(C(O)C#CC2CC3C(=NOCCCC(=O)O)CC3C2O)c(C)c1. The van der Waals surface area contributed by atoms with Gasteiger partial charge in [0.05, 0.1) is 11.8 Å². The zero-order valence-electron chi connectivity index (χ0n) is 16.3. The Morgan fingerprint density at radius 3 is 2.89 bits per heavy atom. The number of carboxylic acids is 1. The average Bonchev–Trinajstić information content (AvgIpc) is 2.86. The van der Waals surface area contributed by atoms with Crippen LogP contribution in [0.1, 0.15) is 48.5 Å². The Balaban J connectivity index is 1.55. The van der Waals surface area contributed by atoms with Crippen LogP contribution in [0.3, 0.4) is 0 Å². The maximum atomic E-state index is 10.5. The fraction of sp³-hybridized carbons (Fsp3) is 0.545. The fourth-order valence-corrected chi connectivity index (χ4v) is 4.06. The molecule has 5 unspecified atom stereocenters. The second-order valence-electron chi connectivity index (χ2n) is 7.77. The molecule has 0 bridgehead atoms. The van der Waals surface area contributed by atoms with Crippen molar-refractivity contribution < 1.29 is 25.0 Å². The normalized spacial score (nSPS) is 28.1. The van der Waals surface area contributed by atoms with E-state index < -0.39 is 18.2 Å². The number of carbonyl (C=O) groups is 1. The summed E-state index contributed by atoms with van der Waals surface area (Å²) in [7, 11) is 0. The summed E-state index contributed by atoms with van der Waals surface area (Å²) in [6.07, 6.45) is 0.494. The molecule has 0 heterocycles. The van der Waals surface area contributed by atoms with Crippen LogP contribution in [0.15, 0.2) is 23.4 Å². The zero-order valence-corrected chi connectivity index (χ0v) is 16.3. The first-order chi connectivity index (χ1) is 13.4. The van der Waals surface area contributed by atoms with Crippen LogP contribution in [0.2, 0.25) is 0 Å². The van der Waals surface area contributed by atoms with Gasteiger partial charge in [-0.1, -0.05) is 40.8 Å². The topological polar surface area (TPSA) is 99.4 Å². The second kappa shape index (κ2) is 8.76. The highest BCUT2D eigenvalue weighted by Gasteiger charge is 2.51. The maximum absolute atomic E-state index is 10.5. The Kier molecular flexibility index (Phi) is 6.38. The molecule has 1 aromatic carbocycles. The fourth-order valence-electron chi connectivity index (χ4n) is 4.06. The molecule has 2 fully saturated rings. The Bertz CT molecular complexity index is 822. The minimum atomic E-state index is -0.864. The maximum Gasteiger partial charge on any atom is 0.303 e. The molecule has 0 spiro atoms. The predicted molar refractivity (Wildman–Crippen MR) is 105 cm³/mol. The summed E-state index contributed by atoms with van der Waals surface area (Å²) in [6, 6.07) is 5.87. The number of benzene rings is 1. The van der Waals surface area contributed by atoms with E-state index >= 15 is 0 Å². The van der Waals surface area contributed by atoms with Crippen molar-refractivity contribution in [2.75, 3.05) is 6.61 Å². The number of hydrogen-bond donors (Lipinski definition) is 3. The minimum Gasteiger partial charge on any atom is -0.481 e. The van der Waals surface area contributed by atoms with Crippen molar-refractivity contribution in [3.05, 3.63) is 34.9 Å². The number of aryl methyl sites for hydroxylation is 2. The van der Waals surface area contributed by atoms with E-state index in [9.17, 15) is 15.0 Å². The summed E-state index contributed by atoms with van der Waals surface area (Å²) in [4.78, 5) is 15.7. The third kappa shape index (κ3) is 4.54. The van der Waals surface area contributed by atoms with Crippen LogP contribution in [0.5, 0.6) is 0 Å². The molecule has 6 heteroatoms. The molecule has 150 valence electrons. The minimum absolute atomic E-state index is 0.0655. The Labute approximate surface area is 165 Å². The molecule has 0 aliphatic heterocycles. The van der Waals surface area contributed by atoms with E-state index in [0.29, 0.717) is 19.3 Å². The molecule has 2 saturated carbocycles. The smallest absolute Gasteiger partial charge is 0.303 e. The number of carboxylic acid groups (broad SMARTS) is 1. The summed E-state index contributed by atoms with van der Waals surface area (Å²) in [5, 5.41) is 33.6. The molecule has 28 heavy (non-hydrogen) atoms. The molecule has 3 N–H and O–H groups in total. The molecule has 5 atom stereocenters. The van der Waals surface area contributed by atoms with Gasteiger partial charge in [0.1, 0.15) is 12.7 Å². The third-order valence-corrected chi connectivity index (χ3v) is 5.68. The van der Waals surface area contributed by atoms with Gasteiger partial charge in [-0.25, -0.2) is 0 Å². The highest BCUT2D eigenvalue weighted by molar-refractivity contribution is 5.93. The summed E-state index contributed by atoms with van der Waals surface area (Å²) in [5.74, 6) is 5.24. The largest absolute Gasteiger partial charge is 0.481 e. The number of nitrogens with zero attached hydrogens (tertiary/aromatic N) is 1. The van der Waals surface area contributed by atoms with Crippen molar-refractivity contribution in [2.45, 2.75) is 51.7 Å². The third-order valence-electron chi connectivity index (χ3n) is 5.68. The summed E-state index contributed by atoms with van der Waals surface area (Å²) in [6.45, 7) is 4.24. The van der Waals surface area contributed by atoms with Crippen LogP contribution in [0, 0.1) is 43.4 Å². The Hall–Kier alpha value is -2.36. The Morgan fingerprint density at radius 1 is 1.39 bits per heavy atom. The van der Waals surface area contributed by atoms with Crippen LogP contribution in [0.25, 0.3) is 0 Å². The van der Waals surface area contributed by atoms with Crippen molar-refractivity contribution in [1.82, 2.24) is 0 Å². The quantitative estimate of drug-likeness (QED) is 0.397. The van der Waals surface area contributed by atoms with Gasteiger partial charge in [-0.2, -0.15) is 0 Å². The monoisotopic (exact) mass is 385 g/mol. The van der Waals surface area contributed by atoms with E-state index in [4.69, 9.17) is 9.94 Å². The van der Waals surface area contributed by atoms with E-state index in [0.717, 1.165) is 22.4 Å². The van der Waals surface area contributed by atoms with Crippen LogP contribution in [-0.2, 0) is 9.63 Å². The van der Waals surface area contributed by atoms with Gasteiger partial charge in [0, 0.05) is 18.3 Å². The molecule has 0 aromatic heterocycles. The number of aliphatic hydroxyl groups is 2. The van der Waals surface area contributed by atoms with E-state index in [1.54, 1.807) is 0 Å². The number of oxime groups is 1. The first-order valence-electron chi connectivity index (χ1n) is 9.71. The molecule has 2 aliphatic rings. The van der Waals surface area contributed by atoms with Gasteiger partial charge in [0.25, 0.3) is 0 Å². The molecule has 0 radical (unpaired) electrons. The lowest BCUT2D eigenvalue weighted by Crippen LogP contribution is -2.38. The van der Waals surface area contributed by atoms with Gasteiger partial charge < -0.3 is 20.2 Å². The number of fused-ring (bicyclic) bond motifs is 1. The number of rotatable bonds is 6. The zero-order chi connectivity index (χ0) is 20.3. The number of hydrogen-bond acceptors (Lipinski definition) is 5. The van der Waals surface area contributed by atoms with Crippen molar-refractivity contribution in [3.8, 4) is 11.8 Å². The van der Waals surface area contributed by atoms with Crippen molar-refractivity contribution in [3.63, 3.8) is 0 Å². The highest BCUT2D eigenvalue weighted by Crippen LogP contribution is 2.48. The Morgan fingerprint density at radius 2 is 2.18 bits per heavy atom. The molecule has 0 amide bonds. The van der Waals surface area contributed by atoms with Crippen LogP contribution in [0.4, 0.5) is 0 Å².